The molecular weight excluding hydrogens is 285 g/mol. The SMILES string of the molecule is CC(=O)Nc1cc(C(F)(F)F)c([N+](=O)[O-])cc1C(=O)O. The molecule has 0 atom stereocenters. The van der Waals surface area contributed by atoms with Crippen LogP contribution in [-0.2, 0) is 11.0 Å². The average molecular weight is 292 g/mol. The molecule has 0 aliphatic rings. The second kappa shape index (κ2) is 5.15. The fraction of sp³-hybridized carbons (Fsp3) is 0.200. The number of aromatic carboxylic acids is 1. The number of nitrogens with one attached hydrogen (secondary N) is 1. The van der Waals surface area contributed by atoms with E-state index in [2.05, 4.69) is 0 Å². The maximum absolute atomic E-state index is 12.7. The highest BCUT2D eigenvalue weighted by Crippen LogP contribution is 2.39. The maximum Gasteiger partial charge on any atom is 0.423 e. The lowest BCUT2D eigenvalue weighted by Gasteiger charge is -2.12. The number of carbonyl (C=O) groups excluding carboxylic acids is 1. The van der Waals surface area contributed by atoms with Gasteiger partial charge in [0.05, 0.1) is 16.2 Å². The number of carboxylic acids is 1. The first-order valence-corrected chi connectivity index (χ1v) is 4.94. The summed E-state index contributed by atoms with van der Waals surface area (Å²) in [6, 6.07) is 0.486. The van der Waals surface area contributed by atoms with Gasteiger partial charge in [0.25, 0.3) is 5.69 Å². The molecule has 1 rings (SSSR count). The molecule has 0 saturated carbocycles. The van der Waals surface area contributed by atoms with E-state index in [0.717, 1.165) is 6.92 Å². The van der Waals surface area contributed by atoms with Crippen molar-refractivity contribution in [1.82, 2.24) is 0 Å². The van der Waals surface area contributed by atoms with Crippen molar-refractivity contribution in [1.29, 1.82) is 0 Å². The standard InChI is InChI=1S/C10H7F3N2O5/c1-4(16)14-7-3-6(10(11,12)13)8(15(19)20)2-5(7)9(17)18/h2-3H,1H3,(H,14,16)(H,17,18). The van der Waals surface area contributed by atoms with Gasteiger partial charge in [-0.1, -0.05) is 0 Å². The van der Waals surface area contributed by atoms with E-state index in [9.17, 15) is 32.9 Å². The minimum absolute atomic E-state index is 0.225. The van der Waals surface area contributed by atoms with Crippen molar-refractivity contribution in [3.05, 3.63) is 33.4 Å². The van der Waals surface area contributed by atoms with Crippen molar-refractivity contribution in [2.24, 2.45) is 0 Å². The van der Waals surface area contributed by atoms with Crippen LogP contribution < -0.4 is 5.32 Å². The number of nitrogens with zero attached hydrogens (tertiary/aromatic N) is 1. The molecule has 0 bridgehead atoms. The molecule has 7 nitrogen and oxygen atoms in total. The molecule has 1 amide bonds. The van der Waals surface area contributed by atoms with E-state index in [0.29, 0.717) is 0 Å². The Labute approximate surface area is 109 Å². The number of amides is 1. The summed E-state index contributed by atoms with van der Waals surface area (Å²) in [5, 5.41) is 21.3. The van der Waals surface area contributed by atoms with Crippen LogP contribution in [0.15, 0.2) is 12.1 Å². The molecule has 1 aromatic rings. The van der Waals surface area contributed by atoms with Crippen molar-refractivity contribution in [3.8, 4) is 0 Å². The lowest BCUT2D eigenvalue weighted by molar-refractivity contribution is -0.388. The number of nitro groups is 1. The molecule has 1 aromatic carbocycles. The number of alkyl halides is 3. The lowest BCUT2D eigenvalue weighted by atomic mass is 10.1. The number of anilines is 1. The molecular formula is C10H7F3N2O5. The highest BCUT2D eigenvalue weighted by molar-refractivity contribution is 6.00. The van der Waals surface area contributed by atoms with E-state index in [1.807, 2.05) is 5.32 Å². The number of carbonyl (C=O) groups is 2. The van der Waals surface area contributed by atoms with Gasteiger partial charge < -0.3 is 10.4 Å². The Hall–Kier alpha value is -2.65. The maximum atomic E-state index is 12.7. The van der Waals surface area contributed by atoms with Gasteiger partial charge in [0, 0.05) is 13.0 Å². The van der Waals surface area contributed by atoms with Crippen molar-refractivity contribution in [2.45, 2.75) is 13.1 Å². The molecule has 0 spiro atoms. The van der Waals surface area contributed by atoms with Gasteiger partial charge in [-0.3, -0.25) is 14.9 Å². The zero-order valence-electron chi connectivity index (χ0n) is 9.82. The molecule has 2 N–H and O–H groups in total. The number of halogens is 3. The quantitative estimate of drug-likeness (QED) is 0.656. The third-order valence-corrected chi connectivity index (χ3v) is 2.18. The zero-order valence-corrected chi connectivity index (χ0v) is 9.82. The molecule has 0 aliphatic heterocycles. The Morgan fingerprint density at radius 3 is 2.25 bits per heavy atom. The molecule has 0 aliphatic carbocycles. The Kier molecular flexibility index (Phi) is 3.97. The number of nitro benzene ring substituents is 1. The number of hydrogen-bond donors (Lipinski definition) is 2. The first-order valence-electron chi connectivity index (χ1n) is 4.94. The normalized spacial score (nSPS) is 11.0. The first kappa shape index (κ1) is 15.4. The molecule has 0 heterocycles. The molecule has 108 valence electrons. The van der Waals surface area contributed by atoms with E-state index >= 15 is 0 Å². The molecule has 10 heteroatoms. The summed E-state index contributed by atoms with van der Waals surface area (Å²) in [5.74, 6) is -2.51. The van der Waals surface area contributed by atoms with Gasteiger partial charge in [-0.05, 0) is 6.07 Å². The third-order valence-electron chi connectivity index (χ3n) is 2.18. The summed E-state index contributed by atoms with van der Waals surface area (Å²) in [6.07, 6.45) is -5.06. The molecule has 0 saturated heterocycles. The average Bonchev–Trinajstić information content (AvgIpc) is 2.25. The Balaban J connectivity index is 3.64. The molecule has 0 unspecified atom stereocenters. The Morgan fingerprint density at radius 2 is 1.90 bits per heavy atom. The van der Waals surface area contributed by atoms with Crippen molar-refractivity contribution in [2.75, 3.05) is 5.32 Å². The van der Waals surface area contributed by atoms with Crippen LogP contribution in [-0.4, -0.2) is 21.9 Å². The van der Waals surface area contributed by atoms with Crippen LogP contribution in [0, 0.1) is 10.1 Å². The first-order chi connectivity index (χ1) is 9.04. The molecule has 0 radical (unpaired) electrons. The molecule has 0 fully saturated rings. The summed E-state index contributed by atoms with van der Waals surface area (Å²) < 4.78 is 38.1. The summed E-state index contributed by atoms with van der Waals surface area (Å²) in [5.41, 5.74) is -4.51. The van der Waals surface area contributed by atoms with Gasteiger partial charge in [-0.2, -0.15) is 13.2 Å². The predicted octanol–water partition coefficient (Wildman–Crippen LogP) is 2.27. The monoisotopic (exact) mass is 292 g/mol. The van der Waals surface area contributed by atoms with Crippen molar-refractivity contribution in [3.63, 3.8) is 0 Å². The second-order valence-corrected chi connectivity index (χ2v) is 3.66. The highest BCUT2D eigenvalue weighted by Gasteiger charge is 2.40. The lowest BCUT2D eigenvalue weighted by Crippen LogP contribution is -2.15. The van der Waals surface area contributed by atoms with Crippen LogP contribution in [0.5, 0.6) is 0 Å². The summed E-state index contributed by atoms with van der Waals surface area (Å²) in [4.78, 5) is 31.0. The van der Waals surface area contributed by atoms with E-state index in [1.54, 1.807) is 0 Å². The third kappa shape index (κ3) is 3.22. The number of rotatable bonds is 3. The largest absolute Gasteiger partial charge is 0.478 e. The topological polar surface area (TPSA) is 110 Å². The van der Waals surface area contributed by atoms with Gasteiger partial charge in [-0.15, -0.1) is 0 Å². The van der Waals surface area contributed by atoms with Gasteiger partial charge in [0.15, 0.2) is 0 Å². The van der Waals surface area contributed by atoms with Crippen LogP contribution in [0.2, 0.25) is 0 Å². The van der Waals surface area contributed by atoms with Gasteiger partial charge in [0.2, 0.25) is 5.91 Å². The Morgan fingerprint density at radius 1 is 1.35 bits per heavy atom. The smallest absolute Gasteiger partial charge is 0.423 e. The van der Waals surface area contributed by atoms with Gasteiger partial charge >= 0.3 is 12.1 Å². The second-order valence-electron chi connectivity index (χ2n) is 3.66. The van der Waals surface area contributed by atoms with Crippen molar-refractivity contribution >= 4 is 23.3 Å². The fourth-order valence-corrected chi connectivity index (χ4v) is 1.44. The van der Waals surface area contributed by atoms with E-state index in [4.69, 9.17) is 5.11 Å². The fourth-order valence-electron chi connectivity index (χ4n) is 1.44. The van der Waals surface area contributed by atoms with Crippen LogP contribution in [0.4, 0.5) is 24.5 Å². The zero-order chi connectivity index (χ0) is 15.7. The minimum Gasteiger partial charge on any atom is -0.478 e. The van der Waals surface area contributed by atoms with E-state index in [-0.39, 0.29) is 12.1 Å². The van der Waals surface area contributed by atoms with Crippen molar-refractivity contribution < 1.29 is 32.8 Å². The highest BCUT2D eigenvalue weighted by atomic mass is 19.4. The van der Waals surface area contributed by atoms with Crippen LogP contribution in [0.3, 0.4) is 0 Å². The van der Waals surface area contributed by atoms with E-state index in [1.165, 1.54) is 0 Å². The Bertz CT molecular complexity index is 597. The molecule has 0 aromatic heterocycles. The molecule has 20 heavy (non-hydrogen) atoms. The van der Waals surface area contributed by atoms with Crippen LogP contribution in [0.1, 0.15) is 22.8 Å². The summed E-state index contributed by atoms with van der Waals surface area (Å²) in [7, 11) is 0. The van der Waals surface area contributed by atoms with Gasteiger partial charge in [-0.25, -0.2) is 4.79 Å². The van der Waals surface area contributed by atoms with Crippen LogP contribution >= 0.6 is 0 Å². The summed E-state index contributed by atoms with van der Waals surface area (Å²) in [6.45, 7) is 0.959. The minimum atomic E-state index is -5.06. The number of carboxylic acid groups (broad SMARTS) is 1. The number of benzene rings is 1. The predicted molar refractivity (Wildman–Crippen MR) is 59.4 cm³/mol. The van der Waals surface area contributed by atoms with Gasteiger partial charge in [0.1, 0.15) is 5.56 Å². The van der Waals surface area contributed by atoms with Crippen LogP contribution in [0.25, 0.3) is 0 Å². The summed E-state index contributed by atoms with van der Waals surface area (Å²) >= 11 is 0. The number of hydrogen-bond acceptors (Lipinski definition) is 4. The van der Waals surface area contributed by atoms with E-state index < -0.39 is 45.5 Å².